The van der Waals surface area contributed by atoms with E-state index in [1.807, 2.05) is 47.9 Å². The third-order valence-electron chi connectivity index (χ3n) is 4.48. The predicted octanol–water partition coefficient (Wildman–Crippen LogP) is 3.83. The van der Waals surface area contributed by atoms with Crippen LogP contribution in [-0.2, 0) is 11.3 Å². The van der Waals surface area contributed by atoms with Crippen molar-refractivity contribution in [1.82, 2.24) is 10.3 Å². The van der Waals surface area contributed by atoms with Crippen LogP contribution in [0.1, 0.15) is 15.9 Å². The Labute approximate surface area is 184 Å². The summed E-state index contributed by atoms with van der Waals surface area (Å²) < 4.78 is 5.44. The minimum absolute atomic E-state index is 0.410. The fraction of sp³-hybridized carbons (Fsp3) is 0.174. The lowest BCUT2D eigenvalue weighted by Crippen LogP contribution is -2.29. The lowest BCUT2D eigenvalue weighted by atomic mass is 10.1. The van der Waals surface area contributed by atoms with E-state index in [0.717, 1.165) is 27.7 Å². The first kappa shape index (κ1) is 22.0. The number of nitrogens with one attached hydrogen (secondary N) is 1. The molecule has 0 fully saturated rings. The second-order valence-corrected chi connectivity index (χ2v) is 7.49. The molecule has 0 spiro atoms. The van der Waals surface area contributed by atoms with Gasteiger partial charge in [-0.1, -0.05) is 30.3 Å². The number of carboxylic acid groups (broad SMARTS) is 1. The molecule has 3 aromatic rings. The van der Waals surface area contributed by atoms with E-state index in [2.05, 4.69) is 16.8 Å². The van der Waals surface area contributed by atoms with Gasteiger partial charge in [0.2, 0.25) is 0 Å². The Balaban J connectivity index is 1.75. The van der Waals surface area contributed by atoms with Crippen molar-refractivity contribution in [3.63, 3.8) is 0 Å². The minimum atomic E-state index is -1.08. The molecular formula is C23H23N3O4S. The first-order valence-corrected chi connectivity index (χ1v) is 10.4. The second-order valence-electron chi connectivity index (χ2n) is 6.66. The molecule has 3 rings (SSSR count). The third kappa shape index (κ3) is 5.70. The largest absolute Gasteiger partial charge is 0.496 e. The van der Waals surface area contributed by atoms with E-state index >= 15 is 0 Å². The number of carbonyl (C=O) groups is 2. The fourth-order valence-corrected chi connectivity index (χ4v) is 3.83. The van der Waals surface area contributed by atoms with Crippen LogP contribution in [0, 0.1) is 0 Å². The summed E-state index contributed by atoms with van der Waals surface area (Å²) in [6.07, 6.45) is 1.82. The summed E-state index contributed by atoms with van der Waals surface area (Å²) >= 11 is 1.54. The zero-order valence-corrected chi connectivity index (χ0v) is 17.9. The number of amides is 1. The van der Waals surface area contributed by atoms with E-state index in [1.54, 1.807) is 19.2 Å². The Morgan fingerprint density at radius 3 is 2.65 bits per heavy atom. The van der Waals surface area contributed by atoms with Gasteiger partial charge in [0, 0.05) is 29.6 Å². The zero-order chi connectivity index (χ0) is 22.2. The number of benzene rings is 2. The van der Waals surface area contributed by atoms with Gasteiger partial charge in [0.25, 0.3) is 5.91 Å². The SMILES string of the molecule is C=CCN(Cc1ccc(C(=O)NCC(=O)O)cc1)c1nc(-c2ccccc2OC)cs1. The molecule has 7 nitrogen and oxygen atoms in total. The molecule has 0 aliphatic carbocycles. The summed E-state index contributed by atoms with van der Waals surface area (Å²) in [6, 6.07) is 14.8. The molecule has 31 heavy (non-hydrogen) atoms. The molecule has 8 heteroatoms. The molecule has 0 radical (unpaired) electrons. The van der Waals surface area contributed by atoms with Crippen LogP contribution in [0.15, 0.2) is 66.6 Å². The normalized spacial score (nSPS) is 10.4. The van der Waals surface area contributed by atoms with Crippen LogP contribution in [0.4, 0.5) is 5.13 Å². The van der Waals surface area contributed by atoms with Gasteiger partial charge in [-0.25, -0.2) is 4.98 Å². The van der Waals surface area contributed by atoms with Crippen molar-refractivity contribution in [1.29, 1.82) is 0 Å². The van der Waals surface area contributed by atoms with E-state index in [-0.39, 0.29) is 0 Å². The number of aromatic nitrogens is 1. The number of rotatable bonds is 10. The van der Waals surface area contributed by atoms with E-state index in [1.165, 1.54) is 11.3 Å². The number of anilines is 1. The molecule has 0 saturated heterocycles. The highest BCUT2D eigenvalue weighted by atomic mass is 32.1. The maximum Gasteiger partial charge on any atom is 0.322 e. The molecule has 1 heterocycles. The number of aliphatic carboxylic acids is 1. The fourth-order valence-electron chi connectivity index (χ4n) is 3.00. The summed E-state index contributed by atoms with van der Waals surface area (Å²) in [5, 5.41) is 13.9. The van der Waals surface area contributed by atoms with E-state index < -0.39 is 18.4 Å². The van der Waals surface area contributed by atoms with Crippen LogP contribution in [-0.4, -0.2) is 42.2 Å². The van der Waals surface area contributed by atoms with Crippen molar-refractivity contribution < 1.29 is 19.4 Å². The van der Waals surface area contributed by atoms with Gasteiger partial charge in [-0.2, -0.15) is 0 Å². The number of ether oxygens (including phenoxy) is 1. The van der Waals surface area contributed by atoms with Gasteiger partial charge in [-0.05, 0) is 29.8 Å². The summed E-state index contributed by atoms with van der Waals surface area (Å²) in [5.41, 5.74) is 3.18. The molecule has 2 aromatic carbocycles. The molecule has 1 aromatic heterocycles. The van der Waals surface area contributed by atoms with Crippen molar-refractivity contribution in [2.75, 3.05) is 25.1 Å². The highest BCUT2D eigenvalue weighted by Gasteiger charge is 2.15. The molecule has 1 amide bonds. The van der Waals surface area contributed by atoms with Gasteiger partial charge >= 0.3 is 5.97 Å². The standard InChI is InChI=1S/C23H23N3O4S/c1-3-12-26(14-16-8-10-17(11-9-16)22(29)24-13-21(27)28)23-25-19(15-31-23)18-6-4-5-7-20(18)30-2/h3-11,15H,1,12-14H2,2H3,(H,24,29)(H,27,28). The number of carbonyl (C=O) groups excluding carboxylic acids is 1. The monoisotopic (exact) mass is 437 g/mol. The van der Waals surface area contributed by atoms with Gasteiger partial charge in [-0.15, -0.1) is 17.9 Å². The zero-order valence-electron chi connectivity index (χ0n) is 17.1. The van der Waals surface area contributed by atoms with Crippen molar-refractivity contribution in [3.05, 3.63) is 77.7 Å². The Morgan fingerprint density at radius 1 is 1.23 bits per heavy atom. The molecule has 0 aliphatic rings. The first-order valence-electron chi connectivity index (χ1n) is 9.55. The van der Waals surface area contributed by atoms with Crippen LogP contribution < -0.4 is 15.0 Å². The average Bonchev–Trinajstić information content (AvgIpc) is 3.27. The first-order chi connectivity index (χ1) is 15.0. The molecular weight excluding hydrogens is 414 g/mol. The lowest BCUT2D eigenvalue weighted by molar-refractivity contribution is -0.135. The predicted molar refractivity (Wildman–Crippen MR) is 122 cm³/mol. The number of hydrogen-bond acceptors (Lipinski definition) is 6. The number of nitrogens with zero attached hydrogens (tertiary/aromatic N) is 2. The molecule has 160 valence electrons. The molecule has 0 aliphatic heterocycles. The smallest absolute Gasteiger partial charge is 0.322 e. The third-order valence-corrected chi connectivity index (χ3v) is 5.39. The highest BCUT2D eigenvalue weighted by Crippen LogP contribution is 2.33. The number of thiazole rings is 1. The summed E-state index contributed by atoms with van der Waals surface area (Å²) in [4.78, 5) is 29.5. The molecule has 2 N–H and O–H groups in total. The number of carboxylic acids is 1. The van der Waals surface area contributed by atoms with Gasteiger partial charge < -0.3 is 20.1 Å². The van der Waals surface area contributed by atoms with Crippen LogP contribution >= 0.6 is 11.3 Å². The molecule has 0 bridgehead atoms. The summed E-state index contributed by atoms with van der Waals surface area (Å²) in [7, 11) is 1.64. The Kier molecular flexibility index (Phi) is 7.40. The highest BCUT2D eigenvalue weighted by molar-refractivity contribution is 7.14. The number of para-hydroxylation sites is 1. The van der Waals surface area contributed by atoms with Crippen LogP contribution in [0.5, 0.6) is 5.75 Å². The van der Waals surface area contributed by atoms with Crippen LogP contribution in [0.25, 0.3) is 11.3 Å². The van der Waals surface area contributed by atoms with Gasteiger partial charge in [-0.3, -0.25) is 9.59 Å². The average molecular weight is 438 g/mol. The van der Waals surface area contributed by atoms with E-state index in [9.17, 15) is 9.59 Å². The maximum atomic E-state index is 12.0. The maximum absolute atomic E-state index is 12.0. The second kappa shape index (κ2) is 10.4. The van der Waals surface area contributed by atoms with E-state index in [4.69, 9.17) is 14.8 Å². The lowest BCUT2D eigenvalue weighted by Gasteiger charge is -2.20. The van der Waals surface area contributed by atoms with Gasteiger partial charge in [0.1, 0.15) is 12.3 Å². The molecule has 0 atom stereocenters. The summed E-state index contributed by atoms with van der Waals surface area (Å²) in [6.45, 7) is 4.63. The quantitative estimate of drug-likeness (QED) is 0.469. The Bertz CT molecular complexity index is 1060. The van der Waals surface area contributed by atoms with E-state index in [0.29, 0.717) is 18.7 Å². The minimum Gasteiger partial charge on any atom is -0.496 e. The molecule has 0 unspecified atom stereocenters. The van der Waals surface area contributed by atoms with Crippen molar-refractivity contribution in [3.8, 4) is 17.0 Å². The van der Waals surface area contributed by atoms with Crippen molar-refractivity contribution in [2.45, 2.75) is 6.54 Å². The molecule has 0 saturated carbocycles. The van der Waals surface area contributed by atoms with Crippen LogP contribution in [0.2, 0.25) is 0 Å². The summed E-state index contributed by atoms with van der Waals surface area (Å²) in [5.74, 6) is -0.731. The van der Waals surface area contributed by atoms with Crippen LogP contribution in [0.3, 0.4) is 0 Å². The Morgan fingerprint density at radius 2 is 1.97 bits per heavy atom. The topological polar surface area (TPSA) is 91.8 Å². The number of hydrogen-bond donors (Lipinski definition) is 2. The van der Waals surface area contributed by atoms with Gasteiger partial charge in [0.05, 0.1) is 12.8 Å². The van der Waals surface area contributed by atoms with Gasteiger partial charge in [0.15, 0.2) is 5.13 Å². The Hall–Kier alpha value is -3.65. The van der Waals surface area contributed by atoms with Crippen molar-refractivity contribution >= 4 is 28.3 Å². The number of methoxy groups -OCH3 is 1. The van der Waals surface area contributed by atoms with Crippen molar-refractivity contribution in [2.24, 2.45) is 0 Å².